The molecule has 0 radical (unpaired) electrons. The topological polar surface area (TPSA) is 79.8 Å². The molecule has 0 aliphatic carbocycles. The molecule has 2 aliphatic rings. The van der Waals surface area contributed by atoms with E-state index in [1.165, 1.54) is 6.26 Å². The van der Waals surface area contributed by atoms with Crippen LogP contribution in [-0.4, -0.2) is 56.7 Å². The lowest BCUT2D eigenvalue weighted by Gasteiger charge is -2.24. The molecule has 2 heterocycles. The zero-order valence-corrected chi connectivity index (χ0v) is 14.2. The quantitative estimate of drug-likeness (QED) is 0.576. The maximum Gasteiger partial charge on any atom is 0.191 e. The normalized spacial score (nSPS) is 29.7. The molecular formula is C14H27N3O3S. The zero-order valence-electron chi connectivity index (χ0n) is 13.3. The fourth-order valence-electron chi connectivity index (χ4n) is 2.67. The molecule has 6 nitrogen and oxygen atoms in total. The molecule has 21 heavy (non-hydrogen) atoms. The van der Waals surface area contributed by atoms with Crippen LogP contribution in [0.1, 0.15) is 40.0 Å². The minimum atomic E-state index is -3.14. The summed E-state index contributed by atoms with van der Waals surface area (Å²) in [7, 11) is -3.14. The Hall–Kier alpha value is -0.820. The van der Waals surface area contributed by atoms with E-state index in [-0.39, 0.29) is 18.7 Å². The largest absolute Gasteiger partial charge is 0.373 e. The number of hydrogen-bond acceptors (Lipinski definition) is 4. The van der Waals surface area contributed by atoms with E-state index in [4.69, 9.17) is 4.74 Å². The maximum absolute atomic E-state index is 11.7. The average molecular weight is 317 g/mol. The Kier molecular flexibility index (Phi) is 4.82. The predicted octanol–water partition coefficient (Wildman–Crippen LogP) is 0.685. The van der Waals surface area contributed by atoms with Gasteiger partial charge in [-0.2, -0.15) is 0 Å². The van der Waals surface area contributed by atoms with Crippen LogP contribution in [0.4, 0.5) is 0 Å². The van der Waals surface area contributed by atoms with Gasteiger partial charge in [0.05, 0.1) is 29.5 Å². The molecule has 2 N–H and O–H groups in total. The minimum absolute atomic E-state index is 0.239. The van der Waals surface area contributed by atoms with Crippen molar-refractivity contribution in [2.24, 2.45) is 4.99 Å². The summed E-state index contributed by atoms with van der Waals surface area (Å²) >= 11 is 0. The van der Waals surface area contributed by atoms with Crippen molar-refractivity contribution in [3.8, 4) is 0 Å². The third-order valence-corrected chi connectivity index (χ3v) is 6.53. The fourth-order valence-corrected chi connectivity index (χ4v) is 2.97. The second kappa shape index (κ2) is 6.12. The zero-order chi connectivity index (χ0) is 15.7. The molecule has 0 aromatic carbocycles. The molecular weight excluding hydrogens is 290 g/mol. The summed E-state index contributed by atoms with van der Waals surface area (Å²) in [5.74, 6) is 0.676. The standard InChI is InChI=1S/C14H27N3O3S/c1-5-15-13(16-9-14(2,3)21(4,18)19)17-11-8-10-6-7-12(11)20-10/h10-12H,5-9H2,1-4H3,(H2,15,16,17). The number of nitrogens with one attached hydrogen (secondary N) is 2. The van der Waals surface area contributed by atoms with Crippen LogP contribution in [0.25, 0.3) is 0 Å². The second-order valence-electron chi connectivity index (χ2n) is 6.59. The van der Waals surface area contributed by atoms with Gasteiger partial charge in [0.25, 0.3) is 0 Å². The molecule has 0 amide bonds. The Balaban J connectivity index is 2.00. The number of rotatable bonds is 5. The Labute approximate surface area is 127 Å². The molecule has 3 unspecified atom stereocenters. The highest BCUT2D eigenvalue weighted by Gasteiger charge is 2.41. The SMILES string of the molecule is CCNC(=NCC(C)(C)S(C)(=O)=O)NC1CC2CCC1O2. The fraction of sp³-hybridized carbons (Fsp3) is 0.929. The van der Waals surface area contributed by atoms with E-state index in [9.17, 15) is 8.42 Å². The van der Waals surface area contributed by atoms with Crippen molar-refractivity contribution >= 4 is 15.8 Å². The van der Waals surface area contributed by atoms with Crippen LogP contribution in [0.2, 0.25) is 0 Å². The van der Waals surface area contributed by atoms with E-state index in [1.807, 2.05) is 6.92 Å². The first kappa shape index (κ1) is 16.5. The summed E-state index contributed by atoms with van der Waals surface area (Å²) < 4.78 is 28.4. The van der Waals surface area contributed by atoms with Crippen molar-refractivity contribution in [3.05, 3.63) is 0 Å². The van der Waals surface area contributed by atoms with Crippen molar-refractivity contribution in [2.45, 2.75) is 63.0 Å². The van der Waals surface area contributed by atoms with Crippen LogP contribution >= 0.6 is 0 Å². The average Bonchev–Trinajstić information content (AvgIpc) is 2.97. The molecule has 2 fully saturated rings. The van der Waals surface area contributed by atoms with Gasteiger partial charge in [-0.05, 0) is 40.0 Å². The lowest BCUT2D eigenvalue weighted by molar-refractivity contribution is 0.0992. The molecule has 2 rings (SSSR count). The van der Waals surface area contributed by atoms with Crippen molar-refractivity contribution in [2.75, 3.05) is 19.3 Å². The first-order valence-corrected chi connectivity index (χ1v) is 9.52. The number of fused-ring (bicyclic) bond motifs is 2. The molecule has 0 aromatic heterocycles. The number of guanidine groups is 1. The van der Waals surface area contributed by atoms with Gasteiger partial charge in [0.2, 0.25) is 0 Å². The van der Waals surface area contributed by atoms with Crippen molar-refractivity contribution in [3.63, 3.8) is 0 Å². The molecule has 0 spiro atoms. The van der Waals surface area contributed by atoms with Crippen molar-refractivity contribution in [1.82, 2.24) is 10.6 Å². The maximum atomic E-state index is 11.7. The van der Waals surface area contributed by atoms with E-state index >= 15 is 0 Å². The molecule has 2 aliphatic heterocycles. The Morgan fingerprint density at radius 3 is 2.57 bits per heavy atom. The molecule has 122 valence electrons. The molecule has 2 saturated heterocycles. The molecule has 2 bridgehead atoms. The van der Waals surface area contributed by atoms with Crippen LogP contribution in [0, 0.1) is 0 Å². The van der Waals surface area contributed by atoms with Gasteiger partial charge in [-0.3, -0.25) is 4.99 Å². The first-order valence-electron chi connectivity index (χ1n) is 7.63. The van der Waals surface area contributed by atoms with E-state index < -0.39 is 14.6 Å². The molecule has 0 saturated carbocycles. The Morgan fingerprint density at radius 2 is 2.10 bits per heavy atom. The smallest absolute Gasteiger partial charge is 0.191 e. The number of sulfone groups is 1. The van der Waals surface area contributed by atoms with Crippen LogP contribution in [0.15, 0.2) is 4.99 Å². The summed E-state index contributed by atoms with van der Waals surface area (Å²) in [5, 5.41) is 6.57. The van der Waals surface area contributed by atoms with Gasteiger partial charge >= 0.3 is 0 Å². The van der Waals surface area contributed by atoms with Crippen LogP contribution in [-0.2, 0) is 14.6 Å². The summed E-state index contributed by atoms with van der Waals surface area (Å²) in [4.78, 5) is 4.46. The van der Waals surface area contributed by atoms with Gasteiger partial charge in [0, 0.05) is 12.8 Å². The van der Waals surface area contributed by atoms with Gasteiger partial charge in [-0.1, -0.05) is 0 Å². The molecule has 0 aromatic rings. The van der Waals surface area contributed by atoms with Gasteiger partial charge < -0.3 is 15.4 Å². The van der Waals surface area contributed by atoms with E-state index in [2.05, 4.69) is 15.6 Å². The first-order chi connectivity index (χ1) is 9.73. The lowest BCUT2D eigenvalue weighted by atomic mass is 9.96. The number of hydrogen-bond donors (Lipinski definition) is 2. The highest BCUT2D eigenvalue weighted by atomic mass is 32.2. The van der Waals surface area contributed by atoms with Gasteiger partial charge in [0.1, 0.15) is 0 Å². The van der Waals surface area contributed by atoms with Gasteiger partial charge in [-0.15, -0.1) is 0 Å². The summed E-state index contributed by atoms with van der Waals surface area (Å²) in [6, 6.07) is 0.280. The number of nitrogens with zero attached hydrogens (tertiary/aromatic N) is 1. The molecule has 3 atom stereocenters. The van der Waals surface area contributed by atoms with Gasteiger partial charge in [-0.25, -0.2) is 8.42 Å². The minimum Gasteiger partial charge on any atom is -0.373 e. The highest BCUT2D eigenvalue weighted by Crippen LogP contribution is 2.34. The van der Waals surface area contributed by atoms with E-state index in [0.717, 1.165) is 25.8 Å². The third-order valence-electron chi connectivity index (χ3n) is 4.39. The predicted molar refractivity (Wildman–Crippen MR) is 84.3 cm³/mol. The van der Waals surface area contributed by atoms with E-state index in [1.54, 1.807) is 13.8 Å². The van der Waals surface area contributed by atoms with Crippen molar-refractivity contribution in [1.29, 1.82) is 0 Å². The summed E-state index contributed by atoms with van der Waals surface area (Å²) in [6.45, 7) is 6.39. The van der Waals surface area contributed by atoms with Gasteiger partial charge in [0.15, 0.2) is 15.8 Å². The number of ether oxygens (including phenoxy) is 1. The van der Waals surface area contributed by atoms with Crippen LogP contribution in [0.3, 0.4) is 0 Å². The lowest BCUT2D eigenvalue weighted by Crippen LogP contribution is -2.48. The molecule has 7 heteroatoms. The highest BCUT2D eigenvalue weighted by molar-refractivity contribution is 7.92. The Morgan fingerprint density at radius 1 is 1.38 bits per heavy atom. The van der Waals surface area contributed by atoms with Crippen LogP contribution < -0.4 is 10.6 Å². The monoisotopic (exact) mass is 317 g/mol. The van der Waals surface area contributed by atoms with E-state index in [0.29, 0.717) is 12.1 Å². The third kappa shape index (κ3) is 3.88. The summed E-state index contributed by atoms with van der Waals surface area (Å²) in [6.07, 6.45) is 5.15. The van der Waals surface area contributed by atoms with Crippen LogP contribution in [0.5, 0.6) is 0 Å². The number of aliphatic imine (C=N–C) groups is 1. The second-order valence-corrected chi connectivity index (χ2v) is 9.24. The Bertz CT molecular complexity index is 502. The summed E-state index contributed by atoms with van der Waals surface area (Å²) in [5.41, 5.74) is 0. The van der Waals surface area contributed by atoms with Crippen molar-refractivity contribution < 1.29 is 13.2 Å².